The van der Waals surface area contributed by atoms with Crippen LogP contribution in [0.2, 0.25) is 0 Å². The first-order chi connectivity index (χ1) is 8.50. The van der Waals surface area contributed by atoms with Gasteiger partial charge in [-0.3, -0.25) is 0 Å². The van der Waals surface area contributed by atoms with E-state index in [-0.39, 0.29) is 0 Å². The molecule has 1 aromatic heterocycles. The van der Waals surface area contributed by atoms with Crippen LogP contribution in [0.25, 0.3) is 0 Å². The van der Waals surface area contributed by atoms with E-state index in [0.29, 0.717) is 6.04 Å². The van der Waals surface area contributed by atoms with Gasteiger partial charge in [0.05, 0.1) is 0 Å². The summed E-state index contributed by atoms with van der Waals surface area (Å²) in [5.74, 6) is 0. The summed E-state index contributed by atoms with van der Waals surface area (Å²) in [7, 11) is 2.20. The largest absolute Gasteiger partial charge is 0.312 e. The number of hydrogen-bond donors (Lipinski definition) is 1. The molecule has 0 unspecified atom stereocenters. The van der Waals surface area contributed by atoms with Crippen molar-refractivity contribution >= 4 is 27.3 Å². The molecule has 0 saturated carbocycles. The van der Waals surface area contributed by atoms with Gasteiger partial charge in [-0.05, 0) is 75.7 Å². The van der Waals surface area contributed by atoms with Gasteiger partial charge < -0.3 is 10.2 Å². The van der Waals surface area contributed by atoms with Crippen molar-refractivity contribution < 1.29 is 0 Å². The van der Waals surface area contributed by atoms with Gasteiger partial charge in [-0.1, -0.05) is 0 Å². The first kappa shape index (κ1) is 16.2. The lowest BCUT2D eigenvalue weighted by Gasteiger charge is -2.20. The maximum Gasteiger partial charge on any atom is 0.0314 e. The number of aryl methyl sites for hydroxylation is 1. The molecule has 0 fully saturated rings. The highest BCUT2D eigenvalue weighted by molar-refractivity contribution is 9.10. The topological polar surface area (TPSA) is 15.3 Å². The highest BCUT2D eigenvalue weighted by atomic mass is 79.9. The minimum atomic E-state index is 0.657. The van der Waals surface area contributed by atoms with Gasteiger partial charge >= 0.3 is 0 Å². The van der Waals surface area contributed by atoms with E-state index in [1.807, 2.05) is 11.3 Å². The first-order valence-electron chi connectivity index (χ1n) is 6.66. The molecular formula is C14H25BrN2S. The maximum absolute atomic E-state index is 3.56. The zero-order chi connectivity index (χ0) is 13.5. The van der Waals surface area contributed by atoms with E-state index >= 15 is 0 Å². The number of halogens is 1. The minimum absolute atomic E-state index is 0.657. The lowest BCUT2D eigenvalue weighted by molar-refractivity contribution is 0.268. The average Bonchev–Trinajstić information content (AvgIpc) is 2.62. The van der Waals surface area contributed by atoms with E-state index in [9.17, 15) is 0 Å². The molecule has 0 amide bonds. The zero-order valence-electron chi connectivity index (χ0n) is 11.9. The third-order valence-electron chi connectivity index (χ3n) is 3.20. The molecular weight excluding hydrogens is 308 g/mol. The number of nitrogens with one attached hydrogen (secondary N) is 1. The second-order valence-electron chi connectivity index (χ2n) is 5.08. The molecule has 0 aromatic carbocycles. The maximum atomic E-state index is 3.56. The second kappa shape index (κ2) is 8.31. The van der Waals surface area contributed by atoms with Gasteiger partial charge in [-0.25, -0.2) is 0 Å². The van der Waals surface area contributed by atoms with Gasteiger partial charge in [-0.15, -0.1) is 11.3 Å². The Balaban J connectivity index is 2.05. The van der Waals surface area contributed by atoms with Crippen molar-refractivity contribution in [1.29, 1.82) is 0 Å². The Morgan fingerprint density at radius 2 is 2.11 bits per heavy atom. The first-order valence-corrected chi connectivity index (χ1v) is 8.27. The van der Waals surface area contributed by atoms with Gasteiger partial charge in [0.1, 0.15) is 0 Å². The van der Waals surface area contributed by atoms with Gasteiger partial charge in [0.15, 0.2) is 0 Å². The van der Waals surface area contributed by atoms with Crippen LogP contribution < -0.4 is 5.32 Å². The van der Waals surface area contributed by atoms with Crippen molar-refractivity contribution in [1.82, 2.24) is 10.2 Å². The molecule has 1 N–H and O–H groups in total. The summed E-state index contributed by atoms with van der Waals surface area (Å²) in [5.41, 5.74) is 0. The fourth-order valence-corrected chi connectivity index (χ4v) is 3.26. The molecule has 0 aliphatic rings. The van der Waals surface area contributed by atoms with Gasteiger partial charge in [-0.2, -0.15) is 0 Å². The molecule has 0 aliphatic carbocycles. The highest BCUT2D eigenvalue weighted by Gasteiger charge is 2.03. The van der Waals surface area contributed by atoms with Crippen LogP contribution in [0.15, 0.2) is 10.5 Å². The number of thiophene rings is 1. The van der Waals surface area contributed by atoms with E-state index in [1.165, 1.54) is 33.6 Å². The SMILES string of the molecule is Cc1sc(CNCCCCN(C)C(C)C)cc1Br. The van der Waals surface area contributed by atoms with Crippen molar-refractivity contribution in [2.24, 2.45) is 0 Å². The third kappa shape index (κ3) is 5.83. The van der Waals surface area contributed by atoms with Crippen LogP contribution >= 0.6 is 27.3 Å². The fraction of sp³-hybridized carbons (Fsp3) is 0.714. The molecule has 18 heavy (non-hydrogen) atoms. The van der Waals surface area contributed by atoms with E-state index in [0.717, 1.165) is 13.1 Å². The number of hydrogen-bond acceptors (Lipinski definition) is 3. The van der Waals surface area contributed by atoms with Crippen molar-refractivity contribution in [3.05, 3.63) is 20.3 Å². The molecule has 4 heteroatoms. The van der Waals surface area contributed by atoms with Crippen LogP contribution in [0, 0.1) is 6.92 Å². The van der Waals surface area contributed by atoms with Crippen LogP contribution in [-0.4, -0.2) is 31.1 Å². The van der Waals surface area contributed by atoms with Gasteiger partial charge in [0, 0.05) is 26.8 Å². The molecule has 104 valence electrons. The van der Waals surface area contributed by atoms with E-state index in [2.05, 4.69) is 60.0 Å². The Labute approximate surface area is 124 Å². The molecule has 1 aromatic rings. The predicted octanol–water partition coefficient (Wildman–Crippen LogP) is 4.03. The summed E-state index contributed by atoms with van der Waals surface area (Å²) in [6.07, 6.45) is 2.53. The Bertz CT molecular complexity index is 330. The number of nitrogens with zero attached hydrogens (tertiary/aromatic N) is 1. The predicted molar refractivity (Wildman–Crippen MR) is 85.5 cm³/mol. The second-order valence-corrected chi connectivity index (χ2v) is 7.27. The highest BCUT2D eigenvalue weighted by Crippen LogP contribution is 2.25. The molecule has 0 aliphatic heterocycles. The third-order valence-corrected chi connectivity index (χ3v) is 5.34. The van der Waals surface area contributed by atoms with Crippen LogP contribution in [0.1, 0.15) is 36.4 Å². The molecule has 0 saturated heterocycles. The minimum Gasteiger partial charge on any atom is -0.312 e. The smallest absolute Gasteiger partial charge is 0.0314 e. The summed E-state index contributed by atoms with van der Waals surface area (Å²) in [6.45, 7) is 9.95. The quantitative estimate of drug-likeness (QED) is 0.723. The fourth-order valence-electron chi connectivity index (χ4n) is 1.69. The van der Waals surface area contributed by atoms with Gasteiger partial charge in [0.25, 0.3) is 0 Å². The number of unbranched alkanes of at least 4 members (excludes halogenated alkanes) is 1. The van der Waals surface area contributed by atoms with E-state index < -0.39 is 0 Å². The number of rotatable bonds is 8. The van der Waals surface area contributed by atoms with E-state index in [4.69, 9.17) is 0 Å². The van der Waals surface area contributed by atoms with E-state index in [1.54, 1.807) is 0 Å². The lowest BCUT2D eigenvalue weighted by Crippen LogP contribution is -2.27. The summed E-state index contributed by atoms with van der Waals surface area (Å²) in [5, 5.41) is 3.52. The van der Waals surface area contributed by atoms with Crippen LogP contribution in [-0.2, 0) is 6.54 Å². The molecule has 0 bridgehead atoms. The Kier molecular flexibility index (Phi) is 7.46. The molecule has 2 nitrogen and oxygen atoms in total. The summed E-state index contributed by atoms with van der Waals surface area (Å²) in [4.78, 5) is 5.18. The molecule has 1 rings (SSSR count). The standard InChI is InChI=1S/C14H25BrN2S/c1-11(2)17(4)8-6-5-7-16-10-13-9-14(15)12(3)18-13/h9,11,16H,5-8,10H2,1-4H3. The van der Waals surface area contributed by atoms with Crippen molar-refractivity contribution in [3.8, 4) is 0 Å². The zero-order valence-corrected chi connectivity index (χ0v) is 14.3. The van der Waals surface area contributed by atoms with Crippen LogP contribution in [0.5, 0.6) is 0 Å². The van der Waals surface area contributed by atoms with Gasteiger partial charge in [0.2, 0.25) is 0 Å². The van der Waals surface area contributed by atoms with Crippen LogP contribution in [0.3, 0.4) is 0 Å². The normalized spacial score (nSPS) is 11.7. The Morgan fingerprint density at radius 3 is 2.67 bits per heavy atom. The summed E-state index contributed by atoms with van der Waals surface area (Å²) < 4.78 is 1.24. The Hall–Kier alpha value is 0.100. The molecule has 0 atom stereocenters. The Morgan fingerprint density at radius 1 is 1.39 bits per heavy atom. The molecule has 1 heterocycles. The summed E-state index contributed by atoms with van der Waals surface area (Å²) >= 11 is 5.43. The van der Waals surface area contributed by atoms with Crippen molar-refractivity contribution in [2.45, 2.75) is 46.2 Å². The summed E-state index contributed by atoms with van der Waals surface area (Å²) in [6, 6.07) is 2.88. The van der Waals surface area contributed by atoms with Crippen molar-refractivity contribution in [3.63, 3.8) is 0 Å². The molecule has 0 radical (unpaired) electrons. The monoisotopic (exact) mass is 332 g/mol. The van der Waals surface area contributed by atoms with Crippen LogP contribution in [0.4, 0.5) is 0 Å². The lowest BCUT2D eigenvalue weighted by atomic mass is 10.2. The average molecular weight is 333 g/mol. The molecule has 0 spiro atoms. The van der Waals surface area contributed by atoms with Crippen molar-refractivity contribution in [2.75, 3.05) is 20.1 Å².